The largest absolute Gasteiger partial charge is 0.478 e. The molecule has 3 aromatic rings. The van der Waals surface area contributed by atoms with Crippen LogP contribution in [-0.2, 0) is 9.59 Å². The number of H-pyrrole nitrogens is 1. The van der Waals surface area contributed by atoms with Gasteiger partial charge in [0.1, 0.15) is 0 Å². The molecule has 2 aliphatic rings. The van der Waals surface area contributed by atoms with Gasteiger partial charge in [0.05, 0.1) is 0 Å². The van der Waals surface area contributed by atoms with Crippen LogP contribution in [0, 0.1) is 0 Å². The number of fused-ring (bicyclic) bond motifs is 3. The van der Waals surface area contributed by atoms with E-state index in [1.807, 2.05) is 6.20 Å². The summed E-state index contributed by atoms with van der Waals surface area (Å²) in [6.45, 7) is 0. The first-order valence-corrected chi connectivity index (χ1v) is 11.2. The van der Waals surface area contributed by atoms with E-state index in [-0.39, 0.29) is 0 Å². The lowest BCUT2D eigenvalue weighted by Crippen LogP contribution is -2.44. The molecule has 2 aliphatic heterocycles. The lowest BCUT2D eigenvalue weighted by atomic mass is 9.97. The average Bonchev–Trinajstić information content (AvgIpc) is 3.34. The third kappa shape index (κ3) is 5.43. The van der Waals surface area contributed by atoms with Crippen LogP contribution in [0.2, 0.25) is 0 Å². The Bertz CT molecular complexity index is 1120. The Morgan fingerprint density at radius 2 is 1.61 bits per heavy atom. The number of carboxylic acid groups (broad SMARTS) is 2. The fourth-order valence-electron chi connectivity index (χ4n) is 4.99. The van der Waals surface area contributed by atoms with Gasteiger partial charge in [0.2, 0.25) is 0 Å². The molecule has 2 fully saturated rings. The number of aromatic nitrogens is 1. The minimum Gasteiger partial charge on any atom is -0.478 e. The highest BCUT2D eigenvalue weighted by Crippen LogP contribution is 2.36. The van der Waals surface area contributed by atoms with Crippen molar-refractivity contribution in [2.24, 2.45) is 0 Å². The fourth-order valence-corrected chi connectivity index (χ4v) is 4.99. The third-order valence-corrected chi connectivity index (χ3v) is 6.63. The van der Waals surface area contributed by atoms with Crippen molar-refractivity contribution in [3.8, 4) is 11.1 Å². The van der Waals surface area contributed by atoms with Gasteiger partial charge >= 0.3 is 11.9 Å². The summed E-state index contributed by atoms with van der Waals surface area (Å²) in [5.41, 5.74) is 5.02. The molecule has 0 amide bonds. The van der Waals surface area contributed by atoms with E-state index in [2.05, 4.69) is 70.8 Å². The van der Waals surface area contributed by atoms with E-state index in [0.717, 1.165) is 12.1 Å². The van der Waals surface area contributed by atoms with Crippen molar-refractivity contribution in [2.45, 2.75) is 43.8 Å². The zero-order chi connectivity index (χ0) is 23.4. The summed E-state index contributed by atoms with van der Waals surface area (Å²) in [6.07, 6.45) is 8.43. The van der Waals surface area contributed by atoms with Crippen LogP contribution < -0.4 is 5.32 Å². The van der Waals surface area contributed by atoms with Crippen LogP contribution in [0.5, 0.6) is 0 Å². The number of nitrogens with zero attached hydrogens (tertiary/aromatic N) is 1. The molecule has 2 aromatic carbocycles. The highest BCUT2D eigenvalue weighted by Gasteiger charge is 2.38. The molecule has 0 saturated carbocycles. The Hall–Kier alpha value is -3.58. The normalized spacial score (nSPS) is 22.2. The minimum atomic E-state index is -1.26. The fraction of sp³-hybridized carbons (Fsp3) is 0.308. The first-order valence-electron chi connectivity index (χ1n) is 11.2. The summed E-state index contributed by atoms with van der Waals surface area (Å²) in [4.78, 5) is 25.0. The summed E-state index contributed by atoms with van der Waals surface area (Å²) < 4.78 is 0. The monoisotopic (exact) mass is 447 g/mol. The Morgan fingerprint density at radius 1 is 0.970 bits per heavy atom. The molecular weight excluding hydrogens is 418 g/mol. The van der Waals surface area contributed by atoms with E-state index in [0.29, 0.717) is 18.2 Å². The lowest BCUT2D eigenvalue weighted by molar-refractivity contribution is -0.134. The number of piperidine rings is 1. The Labute approximate surface area is 192 Å². The van der Waals surface area contributed by atoms with E-state index < -0.39 is 11.9 Å². The van der Waals surface area contributed by atoms with Crippen LogP contribution in [0.4, 0.5) is 5.69 Å². The molecule has 0 radical (unpaired) electrons. The number of anilines is 1. The summed E-state index contributed by atoms with van der Waals surface area (Å²) in [5.74, 6) is -2.51. The van der Waals surface area contributed by atoms with Gasteiger partial charge in [-0.2, -0.15) is 0 Å². The van der Waals surface area contributed by atoms with Gasteiger partial charge in [-0.25, -0.2) is 9.59 Å². The van der Waals surface area contributed by atoms with E-state index >= 15 is 0 Å². The minimum absolute atomic E-state index is 0.558. The summed E-state index contributed by atoms with van der Waals surface area (Å²) in [7, 11) is 2.30. The van der Waals surface area contributed by atoms with Crippen molar-refractivity contribution in [1.82, 2.24) is 9.88 Å². The first-order chi connectivity index (χ1) is 15.9. The van der Waals surface area contributed by atoms with Gasteiger partial charge in [0.15, 0.2) is 0 Å². The van der Waals surface area contributed by atoms with Gasteiger partial charge in [-0.05, 0) is 68.1 Å². The molecule has 172 valence electrons. The zero-order valence-corrected chi connectivity index (χ0v) is 18.6. The number of hydrogen-bond donors (Lipinski definition) is 4. The van der Waals surface area contributed by atoms with Crippen molar-refractivity contribution in [1.29, 1.82) is 0 Å². The lowest BCUT2D eigenvalue weighted by Gasteiger charge is -2.37. The number of carbonyl (C=O) groups is 2. The molecule has 2 atom stereocenters. The highest BCUT2D eigenvalue weighted by molar-refractivity contribution is 5.95. The van der Waals surface area contributed by atoms with Crippen molar-refractivity contribution in [3.63, 3.8) is 0 Å². The average molecular weight is 448 g/mol. The number of hydrogen-bond acceptors (Lipinski definition) is 4. The standard InChI is InChI=1S/C22H25N3.C4H4O4/c1-25-18-9-10-19(25)14-17(13-18)24-16-7-5-15(6-8-16)20-3-2-4-22-21(20)11-12-23-22;5-3(6)1-2-4(7)8/h2-8,11-12,17-19,23-24H,9-10,13-14H2,1H3;1-2H,(H,5,6)(H,7,8)/b;2-1+. The van der Waals surface area contributed by atoms with Gasteiger partial charge in [-0.3, -0.25) is 0 Å². The molecule has 0 spiro atoms. The molecule has 2 saturated heterocycles. The quantitative estimate of drug-likeness (QED) is 0.427. The Balaban J connectivity index is 0.000000281. The van der Waals surface area contributed by atoms with Gasteiger partial charge in [0.25, 0.3) is 0 Å². The summed E-state index contributed by atoms with van der Waals surface area (Å²) >= 11 is 0. The van der Waals surface area contributed by atoms with Gasteiger partial charge in [-0.15, -0.1) is 0 Å². The highest BCUT2D eigenvalue weighted by atomic mass is 16.4. The van der Waals surface area contributed by atoms with Crippen molar-refractivity contribution >= 4 is 28.5 Å². The van der Waals surface area contributed by atoms with Crippen LogP contribution in [0.1, 0.15) is 25.7 Å². The van der Waals surface area contributed by atoms with Gasteiger partial charge < -0.3 is 25.4 Å². The Morgan fingerprint density at radius 3 is 2.21 bits per heavy atom. The number of carboxylic acids is 2. The topological polar surface area (TPSA) is 106 Å². The maximum absolute atomic E-state index is 9.55. The molecular formula is C26H29N3O4. The number of rotatable bonds is 5. The molecule has 7 heteroatoms. The van der Waals surface area contributed by atoms with E-state index in [1.54, 1.807) is 0 Å². The molecule has 2 unspecified atom stereocenters. The predicted octanol–water partition coefficient (Wildman–Crippen LogP) is 4.58. The molecule has 7 nitrogen and oxygen atoms in total. The SMILES string of the molecule is CN1C2CCC1CC(Nc1ccc(-c3cccc4[nH]ccc34)cc1)C2.O=C(O)/C=C/C(=O)O. The zero-order valence-electron chi connectivity index (χ0n) is 18.6. The van der Waals surface area contributed by atoms with Crippen molar-refractivity contribution in [3.05, 3.63) is 66.9 Å². The second-order valence-electron chi connectivity index (χ2n) is 8.69. The van der Waals surface area contributed by atoms with E-state index in [1.165, 1.54) is 53.4 Å². The number of nitrogens with one attached hydrogen (secondary N) is 2. The van der Waals surface area contributed by atoms with Crippen LogP contribution >= 0.6 is 0 Å². The maximum atomic E-state index is 9.55. The first kappa shape index (κ1) is 22.6. The summed E-state index contributed by atoms with van der Waals surface area (Å²) in [6, 6.07) is 19.7. The molecule has 4 N–H and O–H groups in total. The predicted molar refractivity (Wildman–Crippen MR) is 129 cm³/mol. The molecule has 0 aliphatic carbocycles. The summed E-state index contributed by atoms with van der Waals surface area (Å²) in [5, 5.41) is 20.7. The second-order valence-corrected chi connectivity index (χ2v) is 8.69. The van der Waals surface area contributed by atoms with Gasteiger partial charge in [-0.1, -0.05) is 24.3 Å². The molecule has 1 aromatic heterocycles. The van der Waals surface area contributed by atoms with Crippen molar-refractivity contribution < 1.29 is 19.8 Å². The molecule has 33 heavy (non-hydrogen) atoms. The second kappa shape index (κ2) is 9.92. The number of benzene rings is 2. The maximum Gasteiger partial charge on any atom is 0.328 e. The molecule has 5 rings (SSSR count). The molecule has 3 heterocycles. The molecule has 2 bridgehead atoms. The van der Waals surface area contributed by atoms with E-state index in [9.17, 15) is 9.59 Å². The van der Waals surface area contributed by atoms with Crippen LogP contribution in [0.15, 0.2) is 66.9 Å². The van der Waals surface area contributed by atoms with Crippen LogP contribution in [0.25, 0.3) is 22.0 Å². The van der Waals surface area contributed by atoms with Gasteiger partial charge in [0, 0.05) is 53.1 Å². The van der Waals surface area contributed by atoms with E-state index in [4.69, 9.17) is 10.2 Å². The Kier molecular flexibility index (Phi) is 6.79. The van der Waals surface area contributed by atoms with Crippen LogP contribution in [0.3, 0.4) is 0 Å². The van der Waals surface area contributed by atoms with Crippen molar-refractivity contribution in [2.75, 3.05) is 12.4 Å². The number of aliphatic carboxylic acids is 2. The van der Waals surface area contributed by atoms with Crippen LogP contribution in [-0.4, -0.2) is 57.2 Å². The third-order valence-electron chi connectivity index (χ3n) is 6.63. The smallest absolute Gasteiger partial charge is 0.328 e. The number of aromatic amines is 1.